The van der Waals surface area contributed by atoms with Crippen LogP contribution in [0, 0.1) is 11.8 Å². The van der Waals surface area contributed by atoms with Crippen molar-refractivity contribution in [2.75, 3.05) is 0 Å². The van der Waals surface area contributed by atoms with Crippen molar-refractivity contribution >= 4 is 38.8 Å². The van der Waals surface area contributed by atoms with Crippen LogP contribution >= 0.6 is 0 Å². The molecule has 9 aromatic rings. The molecule has 0 bridgehead atoms. The van der Waals surface area contributed by atoms with E-state index < -0.39 is 0 Å². The quantitative estimate of drug-likeness (QED) is 0.0764. The van der Waals surface area contributed by atoms with Crippen LogP contribution in [0.4, 0.5) is 0 Å². The van der Waals surface area contributed by atoms with Gasteiger partial charge in [0, 0.05) is 68.2 Å². The minimum absolute atomic E-state index is 0.0527. The molecular weight excluding hydrogens is 917 g/mol. The average molecular weight is 999 g/mol. The van der Waals surface area contributed by atoms with Gasteiger partial charge in [-0.3, -0.25) is 0 Å². The lowest BCUT2D eigenvalue weighted by Gasteiger charge is -2.30. The lowest BCUT2D eigenvalue weighted by Crippen LogP contribution is -2.23. The van der Waals surface area contributed by atoms with E-state index in [1.54, 1.807) is 0 Å². The fourth-order valence-corrected chi connectivity index (χ4v) is 15.3. The van der Waals surface area contributed by atoms with Gasteiger partial charge in [-0.15, -0.1) is 0 Å². The van der Waals surface area contributed by atoms with E-state index in [2.05, 4.69) is 216 Å². The first-order chi connectivity index (χ1) is 37.3. The van der Waals surface area contributed by atoms with Gasteiger partial charge in [0.25, 0.3) is 0 Å². The maximum Gasteiger partial charge on any atom is 0.0497 e. The van der Waals surface area contributed by atoms with Gasteiger partial charge in [-0.1, -0.05) is 203 Å². The molecule has 3 atom stereocenters. The highest BCUT2D eigenvalue weighted by Crippen LogP contribution is 2.55. The van der Waals surface area contributed by atoms with Crippen LogP contribution in [-0.2, 0) is 30.3 Å². The molecule has 0 spiro atoms. The number of hydrogen-bond donors (Lipinski definition) is 0. The number of allylic oxidation sites excluding steroid dienone is 1. The summed E-state index contributed by atoms with van der Waals surface area (Å²) in [6.07, 6.45) is 20.5. The van der Waals surface area contributed by atoms with Gasteiger partial charge >= 0.3 is 0 Å². The van der Waals surface area contributed by atoms with E-state index in [0.717, 1.165) is 45.2 Å². The standard InChI is InChI=1S/C74H82N2/c1-9-17-23-49(11-3)47-75-69-39-33-51(41-63(69)61-37-31-55(45-71(61)75)53-29-35-59-57-25-19-21-27-65(57)73(13-5,14-6)67(59)43-53)52-34-40-70-64(42-52)62-38-32-56(46-72(62)76(70)48-50(12-4)24-18-10-2)54-30-36-60-58-26-20-22-28-66(58)74(15-7,16-8)68(60)44-54/h19-22,25-41,43-46,49-50,52H,9-18,23-24,42,47-48H2,1-8H3. The first kappa shape index (κ1) is 50.4. The zero-order chi connectivity index (χ0) is 52.3. The van der Waals surface area contributed by atoms with Crippen molar-refractivity contribution in [1.82, 2.24) is 9.13 Å². The third kappa shape index (κ3) is 8.01. The minimum atomic E-state index is 0.0527. The molecule has 3 aliphatic carbocycles. The molecule has 3 aliphatic rings. The van der Waals surface area contributed by atoms with Gasteiger partial charge in [0.05, 0.1) is 0 Å². The molecule has 3 unspecified atom stereocenters. The van der Waals surface area contributed by atoms with Crippen LogP contribution in [0.5, 0.6) is 0 Å². The summed E-state index contributed by atoms with van der Waals surface area (Å²) in [5, 5.41) is 4.20. The second kappa shape index (κ2) is 20.5. The smallest absolute Gasteiger partial charge is 0.0497 e. The highest BCUT2D eigenvalue weighted by atomic mass is 15.0. The molecule has 76 heavy (non-hydrogen) atoms. The van der Waals surface area contributed by atoms with Crippen molar-refractivity contribution < 1.29 is 0 Å². The van der Waals surface area contributed by atoms with E-state index in [9.17, 15) is 0 Å². The summed E-state index contributed by atoms with van der Waals surface area (Å²) in [5.74, 6) is 1.59. The fourth-order valence-electron chi connectivity index (χ4n) is 15.3. The maximum atomic E-state index is 2.73. The molecule has 2 nitrogen and oxygen atoms in total. The van der Waals surface area contributed by atoms with E-state index in [0.29, 0.717) is 17.8 Å². The molecule has 0 radical (unpaired) electrons. The molecule has 2 aromatic heterocycles. The predicted molar refractivity (Wildman–Crippen MR) is 328 cm³/mol. The molecule has 2 heterocycles. The number of aromatic nitrogens is 2. The molecule has 388 valence electrons. The van der Waals surface area contributed by atoms with Crippen LogP contribution in [0.2, 0.25) is 0 Å². The first-order valence-electron chi connectivity index (χ1n) is 30.1. The number of unbranched alkanes of at least 4 members (excludes halogenated alkanes) is 2. The Labute approximate surface area is 455 Å². The summed E-state index contributed by atoms with van der Waals surface area (Å²) in [6, 6.07) is 55.5. The Morgan fingerprint density at radius 2 is 0.934 bits per heavy atom. The second-order valence-electron chi connectivity index (χ2n) is 23.5. The zero-order valence-corrected chi connectivity index (χ0v) is 47.2. The van der Waals surface area contributed by atoms with Crippen molar-refractivity contribution in [3.8, 4) is 44.5 Å². The average Bonchev–Trinajstić information content (AvgIpc) is 4.30. The number of hydrogen-bond acceptors (Lipinski definition) is 0. The Morgan fingerprint density at radius 1 is 0.447 bits per heavy atom. The number of rotatable bonds is 19. The van der Waals surface area contributed by atoms with Gasteiger partial charge in [0.2, 0.25) is 0 Å². The largest absolute Gasteiger partial charge is 0.340 e. The molecule has 2 heteroatoms. The Hall–Kier alpha value is -6.38. The molecular formula is C74H82N2. The fraction of sp³-hybridized carbons (Fsp3) is 0.378. The lowest BCUT2D eigenvalue weighted by atomic mass is 9.73. The second-order valence-corrected chi connectivity index (χ2v) is 23.5. The van der Waals surface area contributed by atoms with E-state index in [-0.39, 0.29) is 10.8 Å². The van der Waals surface area contributed by atoms with Gasteiger partial charge in [-0.05, 0) is 177 Å². The first-order valence-corrected chi connectivity index (χ1v) is 30.1. The molecule has 0 aliphatic heterocycles. The Kier molecular flexibility index (Phi) is 13.6. The third-order valence-corrected chi connectivity index (χ3v) is 20.0. The summed E-state index contributed by atoms with van der Waals surface area (Å²) in [7, 11) is 0. The van der Waals surface area contributed by atoms with Crippen LogP contribution in [0.25, 0.3) is 83.3 Å². The van der Waals surface area contributed by atoms with Crippen LogP contribution in [0.3, 0.4) is 0 Å². The normalized spacial score (nSPS) is 16.5. The van der Waals surface area contributed by atoms with Gasteiger partial charge < -0.3 is 9.13 Å². The topological polar surface area (TPSA) is 9.86 Å². The van der Waals surface area contributed by atoms with Crippen molar-refractivity contribution in [2.45, 2.75) is 169 Å². The molecule has 12 rings (SSSR count). The Balaban J connectivity index is 0.933. The van der Waals surface area contributed by atoms with E-state index in [1.807, 2.05) is 0 Å². The molecule has 7 aromatic carbocycles. The monoisotopic (exact) mass is 999 g/mol. The van der Waals surface area contributed by atoms with Gasteiger partial charge in [0.1, 0.15) is 0 Å². The molecule has 0 N–H and O–H groups in total. The maximum absolute atomic E-state index is 2.73. The summed E-state index contributed by atoms with van der Waals surface area (Å²) >= 11 is 0. The number of benzene rings is 7. The number of nitrogens with zero attached hydrogens (tertiary/aromatic N) is 2. The molecule has 0 amide bonds. The highest BCUT2D eigenvalue weighted by Gasteiger charge is 2.42. The molecule has 0 fully saturated rings. The van der Waals surface area contributed by atoms with E-state index >= 15 is 0 Å². The summed E-state index contributed by atoms with van der Waals surface area (Å²) < 4.78 is 5.44. The lowest BCUT2D eigenvalue weighted by molar-refractivity contribution is 0.395. The highest BCUT2D eigenvalue weighted by molar-refractivity contribution is 6.09. The third-order valence-electron chi connectivity index (χ3n) is 20.0. The summed E-state index contributed by atoms with van der Waals surface area (Å²) in [5.41, 5.74) is 25.6. The van der Waals surface area contributed by atoms with Gasteiger partial charge in [-0.25, -0.2) is 0 Å². The van der Waals surface area contributed by atoms with Gasteiger partial charge in [0.15, 0.2) is 0 Å². The molecule has 0 saturated heterocycles. The van der Waals surface area contributed by atoms with Crippen LogP contribution in [0.1, 0.15) is 177 Å². The van der Waals surface area contributed by atoms with E-state index in [1.165, 1.54) is 168 Å². The number of fused-ring (bicyclic) bond motifs is 12. The minimum Gasteiger partial charge on any atom is -0.340 e. The van der Waals surface area contributed by atoms with Crippen molar-refractivity contribution in [3.05, 3.63) is 185 Å². The SMILES string of the molecule is CCCCC(CC)Cn1c2c(c3ccc(-c4ccc5c(c4)C(CC)(CC)c4ccccc4-5)cc31)CC(c1ccc3c(c1)c1ccc(-c4ccc5c(c4)C(CC)(CC)c4ccccc4-5)cc1n3CC(CC)CCCC)C=C2. The van der Waals surface area contributed by atoms with Crippen LogP contribution < -0.4 is 0 Å². The van der Waals surface area contributed by atoms with Crippen molar-refractivity contribution in [3.63, 3.8) is 0 Å². The predicted octanol–water partition coefficient (Wildman–Crippen LogP) is 21.0. The van der Waals surface area contributed by atoms with Crippen LogP contribution in [0.15, 0.2) is 146 Å². The summed E-state index contributed by atoms with van der Waals surface area (Å²) in [4.78, 5) is 0. The van der Waals surface area contributed by atoms with E-state index in [4.69, 9.17) is 0 Å². The Morgan fingerprint density at radius 3 is 1.47 bits per heavy atom. The zero-order valence-electron chi connectivity index (χ0n) is 47.2. The summed E-state index contributed by atoms with van der Waals surface area (Å²) in [6.45, 7) is 21.1. The van der Waals surface area contributed by atoms with Crippen LogP contribution in [-0.4, -0.2) is 9.13 Å². The van der Waals surface area contributed by atoms with Crippen molar-refractivity contribution in [1.29, 1.82) is 0 Å². The Bertz CT molecular complexity index is 3650. The van der Waals surface area contributed by atoms with Crippen molar-refractivity contribution in [2.24, 2.45) is 11.8 Å². The van der Waals surface area contributed by atoms with Gasteiger partial charge in [-0.2, -0.15) is 0 Å². The molecule has 0 saturated carbocycles.